The van der Waals surface area contributed by atoms with Gasteiger partial charge in [-0.2, -0.15) is 0 Å². The summed E-state index contributed by atoms with van der Waals surface area (Å²) < 4.78 is 22.5. The van der Waals surface area contributed by atoms with Crippen LogP contribution in [0.4, 0.5) is 0 Å². The van der Waals surface area contributed by atoms with Gasteiger partial charge < -0.3 is 23.5 Å². The Morgan fingerprint density at radius 2 is 2.08 bits per heavy atom. The van der Waals surface area contributed by atoms with E-state index in [-0.39, 0.29) is 12.0 Å². The van der Waals surface area contributed by atoms with Crippen LogP contribution in [0.15, 0.2) is 16.5 Å². The second kappa shape index (κ2) is 7.99. The predicted molar refractivity (Wildman–Crippen MR) is 99.2 cm³/mol. The number of rotatable bonds is 6. The first-order valence-corrected chi connectivity index (χ1v) is 9.15. The van der Waals surface area contributed by atoms with E-state index in [1.165, 1.54) is 0 Å². The molecule has 1 aliphatic rings. The number of methoxy groups -OCH3 is 2. The topological polar surface area (TPSA) is 61.1 Å². The molecule has 0 spiro atoms. The standard InChI is InChI=1S/C20H27NO5/c1-5-21(12-14-8-6-7-11-25-14)20(22)17-13(2)15-9-10-16(23-3)19(24-4)18(15)26-17/h9-10,14H,5-8,11-12H2,1-4H3/t14-/m1/s1. The van der Waals surface area contributed by atoms with Gasteiger partial charge in [-0.3, -0.25) is 4.79 Å². The molecule has 1 aromatic carbocycles. The van der Waals surface area contributed by atoms with E-state index < -0.39 is 0 Å². The Balaban J connectivity index is 1.92. The van der Waals surface area contributed by atoms with Crippen LogP contribution in [0.5, 0.6) is 11.5 Å². The fraction of sp³-hybridized carbons (Fsp3) is 0.550. The Bertz CT molecular complexity index is 776. The van der Waals surface area contributed by atoms with Crippen molar-refractivity contribution in [2.75, 3.05) is 33.9 Å². The lowest BCUT2D eigenvalue weighted by atomic mass is 10.1. The zero-order chi connectivity index (χ0) is 18.7. The van der Waals surface area contributed by atoms with Gasteiger partial charge in [-0.25, -0.2) is 0 Å². The number of hydrogen-bond donors (Lipinski definition) is 0. The summed E-state index contributed by atoms with van der Waals surface area (Å²) in [6.45, 7) is 5.84. The second-order valence-corrected chi connectivity index (χ2v) is 6.57. The van der Waals surface area contributed by atoms with Crippen LogP contribution >= 0.6 is 0 Å². The third kappa shape index (κ3) is 3.38. The molecule has 1 aliphatic heterocycles. The van der Waals surface area contributed by atoms with Gasteiger partial charge >= 0.3 is 0 Å². The molecule has 0 bridgehead atoms. The summed E-state index contributed by atoms with van der Waals surface area (Å²) in [7, 11) is 3.14. The molecule has 0 unspecified atom stereocenters. The first-order chi connectivity index (χ1) is 12.6. The maximum Gasteiger partial charge on any atom is 0.289 e. The zero-order valence-electron chi connectivity index (χ0n) is 16.0. The summed E-state index contributed by atoms with van der Waals surface area (Å²) in [5.41, 5.74) is 1.35. The van der Waals surface area contributed by atoms with Crippen molar-refractivity contribution in [1.82, 2.24) is 4.90 Å². The Labute approximate surface area is 154 Å². The molecule has 142 valence electrons. The lowest BCUT2D eigenvalue weighted by Crippen LogP contribution is -2.39. The van der Waals surface area contributed by atoms with Gasteiger partial charge in [-0.05, 0) is 45.2 Å². The molecule has 0 aliphatic carbocycles. The van der Waals surface area contributed by atoms with Crippen LogP contribution in [0.2, 0.25) is 0 Å². The van der Waals surface area contributed by atoms with Crippen molar-refractivity contribution in [2.24, 2.45) is 0 Å². The summed E-state index contributed by atoms with van der Waals surface area (Å²) in [5.74, 6) is 1.32. The highest BCUT2D eigenvalue weighted by Crippen LogP contribution is 2.39. The monoisotopic (exact) mass is 361 g/mol. The molecule has 1 saturated heterocycles. The highest BCUT2D eigenvalue weighted by Gasteiger charge is 2.27. The van der Waals surface area contributed by atoms with Crippen molar-refractivity contribution in [2.45, 2.75) is 39.2 Å². The summed E-state index contributed by atoms with van der Waals surface area (Å²) in [6, 6.07) is 3.72. The fourth-order valence-electron chi connectivity index (χ4n) is 3.50. The minimum absolute atomic E-state index is 0.104. The summed E-state index contributed by atoms with van der Waals surface area (Å²) in [6.07, 6.45) is 3.35. The number of carbonyl (C=O) groups excluding carboxylic acids is 1. The zero-order valence-corrected chi connectivity index (χ0v) is 16.0. The maximum absolute atomic E-state index is 13.1. The minimum Gasteiger partial charge on any atom is -0.493 e. The smallest absolute Gasteiger partial charge is 0.289 e. The molecule has 0 radical (unpaired) electrons. The molecule has 1 amide bonds. The summed E-state index contributed by atoms with van der Waals surface area (Å²) in [5, 5.41) is 0.857. The largest absolute Gasteiger partial charge is 0.493 e. The molecule has 1 atom stereocenters. The molecule has 1 fully saturated rings. The lowest BCUT2D eigenvalue weighted by molar-refractivity contribution is -0.00367. The van der Waals surface area contributed by atoms with Crippen LogP contribution in [0.1, 0.15) is 42.3 Å². The molecule has 2 aromatic rings. The predicted octanol–water partition coefficient (Wildman–Crippen LogP) is 3.79. The number of likely N-dealkylation sites (N-methyl/N-ethyl adjacent to an activating group) is 1. The van der Waals surface area contributed by atoms with Gasteiger partial charge in [0.1, 0.15) is 0 Å². The van der Waals surface area contributed by atoms with Crippen molar-refractivity contribution < 1.29 is 23.4 Å². The molecular formula is C20H27NO5. The Kier molecular flexibility index (Phi) is 5.71. The number of hydrogen-bond acceptors (Lipinski definition) is 5. The average Bonchev–Trinajstić information content (AvgIpc) is 3.02. The van der Waals surface area contributed by atoms with Crippen molar-refractivity contribution in [3.05, 3.63) is 23.5 Å². The number of aryl methyl sites for hydroxylation is 1. The first kappa shape index (κ1) is 18.6. The highest BCUT2D eigenvalue weighted by molar-refractivity contribution is 6.00. The average molecular weight is 361 g/mol. The van der Waals surface area contributed by atoms with Crippen LogP contribution in [-0.4, -0.2) is 50.8 Å². The Hall–Kier alpha value is -2.21. The van der Waals surface area contributed by atoms with E-state index in [0.29, 0.717) is 35.9 Å². The van der Waals surface area contributed by atoms with Gasteiger partial charge in [0.05, 0.1) is 20.3 Å². The lowest BCUT2D eigenvalue weighted by Gasteiger charge is -2.28. The molecule has 6 nitrogen and oxygen atoms in total. The third-order valence-electron chi connectivity index (χ3n) is 5.01. The van der Waals surface area contributed by atoms with E-state index in [0.717, 1.165) is 36.8 Å². The molecule has 2 heterocycles. The van der Waals surface area contributed by atoms with E-state index >= 15 is 0 Å². The SMILES string of the molecule is CCN(C[C@H]1CCCCO1)C(=O)c1oc2c(OC)c(OC)ccc2c1C. The number of nitrogens with zero attached hydrogens (tertiary/aromatic N) is 1. The van der Waals surface area contributed by atoms with Gasteiger partial charge in [0.2, 0.25) is 5.75 Å². The molecule has 0 saturated carbocycles. The molecule has 26 heavy (non-hydrogen) atoms. The molecule has 0 N–H and O–H groups in total. The molecule has 6 heteroatoms. The molecule has 3 rings (SSSR count). The van der Waals surface area contributed by atoms with Gasteiger partial charge in [-0.15, -0.1) is 0 Å². The normalized spacial score (nSPS) is 17.3. The van der Waals surface area contributed by atoms with Crippen LogP contribution in [0, 0.1) is 6.92 Å². The molecule has 1 aromatic heterocycles. The van der Waals surface area contributed by atoms with Gasteiger partial charge in [0.25, 0.3) is 5.91 Å². The molecular weight excluding hydrogens is 334 g/mol. The van der Waals surface area contributed by atoms with Crippen LogP contribution in [-0.2, 0) is 4.74 Å². The fourth-order valence-corrected chi connectivity index (χ4v) is 3.50. The highest BCUT2D eigenvalue weighted by atomic mass is 16.5. The van der Waals surface area contributed by atoms with Crippen molar-refractivity contribution >= 4 is 16.9 Å². The van der Waals surface area contributed by atoms with E-state index in [1.54, 1.807) is 19.1 Å². The summed E-state index contributed by atoms with van der Waals surface area (Å²) >= 11 is 0. The van der Waals surface area contributed by atoms with Crippen molar-refractivity contribution in [3.63, 3.8) is 0 Å². The second-order valence-electron chi connectivity index (χ2n) is 6.57. The number of benzene rings is 1. The van der Waals surface area contributed by atoms with E-state index in [4.69, 9.17) is 18.6 Å². The van der Waals surface area contributed by atoms with E-state index in [9.17, 15) is 4.79 Å². The van der Waals surface area contributed by atoms with Crippen molar-refractivity contribution in [1.29, 1.82) is 0 Å². The number of furan rings is 1. The minimum atomic E-state index is -0.114. The summed E-state index contributed by atoms with van der Waals surface area (Å²) in [4.78, 5) is 14.9. The van der Waals surface area contributed by atoms with E-state index in [2.05, 4.69) is 0 Å². The number of fused-ring (bicyclic) bond motifs is 1. The Morgan fingerprint density at radius 3 is 2.69 bits per heavy atom. The van der Waals surface area contributed by atoms with Crippen LogP contribution in [0.25, 0.3) is 11.0 Å². The maximum atomic E-state index is 13.1. The number of carbonyl (C=O) groups is 1. The third-order valence-corrected chi connectivity index (χ3v) is 5.01. The Morgan fingerprint density at radius 1 is 1.27 bits per heavy atom. The van der Waals surface area contributed by atoms with Gasteiger partial charge in [-0.1, -0.05) is 0 Å². The van der Waals surface area contributed by atoms with E-state index in [1.807, 2.05) is 26.0 Å². The van der Waals surface area contributed by atoms with Crippen molar-refractivity contribution in [3.8, 4) is 11.5 Å². The quantitative estimate of drug-likeness (QED) is 0.783. The van der Waals surface area contributed by atoms with Crippen LogP contribution in [0.3, 0.4) is 0 Å². The van der Waals surface area contributed by atoms with Crippen LogP contribution < -0.4 is 9.47 Å². The van der Waals surface area contributed by atoms with Gasteiger partial charge in [0, 0.05) is 30.6 Å². The first-order valence-electron chi connectivity index (χ1n) is 9.15. The number of ether oxygens (including phenoxy) is 3. The van der Waals surface area contributed by atoms with Gasteiger partial charge in [0.15, 0.2) is 17.1 Å². The number of amides is 1.